The first-order valence-electron chi connectivity index (χ1n) is 16.8. The molecule has 3 saturated heterocycles. The molecule has 0 radical (unpaired) electrons. The van der Waals surface area contributed by atoms with Crippen LogP contribution in [0.15, 0.2) is 23.6 Å². The minimum atomic E-state index is -0.458. The van der Waals surface area contributed by atoms with Crippen LogP contribution in [-0.4, -0.2) is 77.9 Å². The molecule has 4 amide bonds. The van der Waals surface area contributed by atoms with Gasteiger partial charge in [-0.2, -0.15) is 0 Å². The number of carbonyl (C=O) groups excluding carboxylic acids is 3. The van der Waals surface area contributed by atoms with Crippen molar-refractivity contribution >= 4 is 52.2 Å². The van der Waals surface area contributed by atoms with Crippen LogP contribution in [0, 0.1) is 17.8 Å². The predicted octanol–water partition coefficient (Wildman–Crippen LogP) is 5.37. The number of nitrogen functional groups attached to an aromatic ring is 1. The van der Waals surface area contributed by atoms with E-state index in [1.807, 2.05) is 45.2 Å². The van der Waals surface area contributed by atoms with Crippen LogP contribution in [0.3, 0.4) is 0 Å². The first-order chi connectivity index (χ1) is 21.8. The molecule has 244 valence electrons. The Kier molecular flexibility index (Phi) is 10.2. The third-order valence-corrected chi connectivity index (χ3v) is 11.8. The number of aryl methyl sites for hydroxylation is 1. The van der Waals surface area contributed by atoms with E-state index >= 15 is 0 Å². The zero-order valence-electron chi connectivity index (χ0n) is 26.4. The number of amides is 4. The molecule has 4 aliphatic heterocycles. The van der Waals surface area contributed by atoms with Crippen LogP contribution in [-0.2, 0) is 29.0 Å². The van der Waals surface area contributed by atoms with Crippen LogP contribution in [0.2, 0.25) is 5.02 Å². The van der Waals surface area contributed by atoms with Gasteiger partial charge in [-0.25, -0.2) is 4.79 Å². The average molecular weight is 655 g/mol. The number of nitrogens with two attached hydrogens (primary N) is 1. The van der Waals surface area contributed by atoms with Gasteiger partial charge in [-0.05, 0) is 105 Å². The van der Waals surface area contributed by atoms with Gasteiger partial charge < -0.3 is 31.1 Å². The summed E-state index contributed by atoms with van der Waals surface area (Å²) >= 11 is 8.16. The van der Waals surface area contributed by atoms with Crippen molar-refractivity contribution in [2.45, 2.75) is 77.3 Å². The van der Waals surface area contributed by atoms with Gasteiger partial charge >= 0.3 is 6.03 Å². The maximum atomic E-state index is 14.1. The zero-order valence-corrected chi connectivity index (χ0v) is 27.9. The van der Waals surface area contributed by atoms with Gasteiger partial charge in [0.2, 0.25) is 11.8 Å². The Balaban J connectivity index is 1.10. The Hall–Kier alpha value is -2.82. The number of thiophene rings is 1. The highest BCUT2D eigenvalue weighted by Gasteiger charge is 2.36. The molecule has 5 heterocycles. The Bertz CT molecular complexity index is 1380. The summed E-state index contributed by atoms with van der Waals surface area (Å²) in [4.78, 5) is 47.7. The molecule has 9 nitrogen and oxygen atoms in total. The van der Waals surface area contributed by atoms with Gasteiger partial charge in [-0.1, -0.05) is 24.6 Å². The second kappa shape index (κ2) is 14.3. The minimum Gasteiger partial charge on any atom is -0.397 e. The number of hydrogen-bond donors (Lipinski definition) is 3. The predicted molar refractivity (Wildman–Crippen MR) is 180 cm³/mol. The smallest absolute Gasteiger partial charge is 0.322 e. The summed E-state index contributed by atoms with van der Waals surface area (Å²) in [5, 5.41) is 8.98. The fraction of sp³-hybridized carbons (Fsp3) is 0.618. The number of likely N-dealkylation sites (tertiary alicyclic amines) is 2. The SMILES string of the molecule is CCc1cc(C[C@@H](CC(=O)N2CCC(N3Cc4sccc4NC3=O)CC2)C(=O)N2CCC(C3CCNCC3)CC2)cc(Cl)c1N. The molecule has 3 fully saturated rings. The fourth-order valence-corrected chi connectivity index (χ4v) is 8.98. The molecule has 2 aromatic rings. The van der Waals surface area contributed by atoms with Gasteiger partial charge in [0.25, 0.3) is 0 Å². The van der Waals surface area contributed by atoms with Gasteiger partial charge in [0.15, 0.2) is 0 Å². The molecule has 4 aliphatic rings. The summed E-state index contributed by atoms with van der Waals surface area (Å²) in [6.07, 6.45) is 7.36. The van der Waals surface area contributed by atoms with Crippen LogP contribution in [0.4, 0.5) is 16.2 Å². The monoisotopic (exact) mass is 654 g/mol. The third kappa shape index (κ3) is 7.28. The lowest BCUT2D eigenvalue weighted by Crippen LogP contribution is -2.51. The standard InChI is InChI=1S/C34H47ClN6O3S/c1-2-23-17-22(19-28(35)32(23)36)18-26(33(43)40-12-5-25(6-13-40)24-3-10-37-11-4-24)20-31(42)39-14-7-27(8-15-39)41-21-30-29(9-16-45-30)38-34(41)44/h9,16-17,19,24-27,37H,2-8,10-15,18,20-21,36H2,1H3,(H,38,44)/t26-/m0/s1. The van der Waals surface area contributed by atoms with Crippen LogP contribution in [0.5, 0.6) is 0 Å². The normalized spacial score (nSPS) is 21.0. The summed E-state index contributed by atoms with van der Waals surface area (Å²) in [7, 11) is 0. The van der Waals surface area contributed by atoms with E-state index in [1.54, 1.807) is 11.3 Å². The summed E-state index contributed by atoms with van der Waals surface area (Å²) in [6, 6.07) is 5.88. The number of urea groups is 1. The van der Waals surface area contributed by atoms with Gasteiger partial charge in [-0.15, -0.1) is 11.3 Å². The van der Waals surface area contributed by atoms with Crippen molar-refractivity contribution < 1.29 is 14.4 Å². The summed E-state index contributed by atoms with van der Waals surface area (Å²) in [5.74, 6) is 1.05. The lowest BCUT2D eigenvalue weighted by atomic mass is 9.79. The fourth-order valence-electron chi connectivity index (χ4n) is 7.89. The number of halogens is 1. The highest BCUT2D eigenvalue weighted by Crippen LogP contribution is 2.34. The minimum absolute atomic E-state index is 0.0114. The first kappa shape index (κ1) is 32.1. The van der Waals surface area contributed by atoms with E-state index in [2.05, 4.69) is 10.6 Å². The second-order valence-corrected chi connectivity index (χ2v) is 14.7. The maximum Gasteiger partial charge on any atom is 0.322 e. The van der Waals surface area contributed by atoms with Crippen molar-refractivity contribution in [3.63, 3.8) is 0 Å². The second-order valence-electron chi connectivity index (χ2n) is 13.3. The van der Waals surface area contributed by atoms with E-state index in [0.29, 0.717) is 42.7 Å². The summed E-state index contributed by atoms with van der Waals surface area (Å²) < 4.78 is 0. The number of nitrogens with one attached hydrogen (secondary N) is 2. The van der Waals surface area contributed by atoms with Gasteiger partial charge in [0, 0.05) is 43.5 Å². The Morgan fingerprint density at radius 2 is 1.71 bits per heavy atom. The van der Waals surface area contributed by atoms with E-state index in [4.69, 9.17) is 17.3 Å². The Labute approximate surface area is 275 Å². The molecule has 0 spiro atoms. The number of anilines is 2. The Morgan fingerprint density at radius 3 is 2.42 bits per heavy atom. The average Bonchev–Trinajstić information content (AvgIpc) is 3.53. The van der Waals surface area contributed by atoms with Crippen molar-refractivity contribution in [2.75, 3.05) is 50.3 Å². The molecule has 4 N–H and O–H groups in total. The molecule has 0 aliphatic carbocycles. The van der Waals surface area contributed by atoms with Crippen molar-refractivity contribution in [2.24, 2.45) is 17.8 Å². The summed E-state index contributed by atoms with van der Waals surface area (Å²) in [6.45, 7) is 7.53. The van der Waals surface area contributed by atoms with Crippen LogP contribution in [0.1, 0.15) is 67.9 Å². The van der Waals surface area contributed by atoms with Crippen LogP contribution < -0.4 is 16.4 Å². The van der Waals surface area contributed by atoms with E-state index in [1.165, 1.54) is 17.7 Å². The maximum absolute atomic E-state index is 14.1. The zero-order chi connectivity index (χ0) is 31.5. The highest BCUT2D eigenvalue weighted by atomic mass is 35.5. The van der Waals surface area contributed by atoms with Crippen molar-refractivity contribution in [3.8, 4) is 0 Å². The number of piperidine rings is 3. The molecule has 1 atom stereocenters. The first-order valence-corrected chi connectivity index (χ1v) is 18.0. The number of carbonyl (C=O) groups is 3. The van der Waals surface area contributed by atoms with Crippen molar-refractivity contribution in [3.05, 3.63) is 44.6 Å². The molecule has 0 bridgehead atoms. The third-order valence-electron chi connectivity index (χ3n) is 10.6. The molecule has 0 unspecified atom stereocenters. The molecular weight excluding hydrogens is 608 g/mol. The lowest BCUT2D eigenvalue weighted by Gasteiger charge is -2.40. The quantitative estimate of drug-likeness (QED) is 0.332. The van der Waals surface area contributed by atoms with Gasteiger partial charge in [0.05, 0.1) is 28.9 Å². The molecule has 1 aromatic heterocycles. The van der Waals surface area contributed by atoms with E-state index < -0.39 is 5.92 Å². The largest absolute Gasteiger partial charge is 0.397 e. The van der Waals surface area contributed by atoms with E-state index in [0.717, 1.165) is 81.0 Å². The number of rotatable bonds is 8. The topological polar surface area (TPSA) is 111 Å². The number of fused-ring (bicyclic) bond motifs is 1. The molecule has 0 saturated carbocycles. The van der Waals surface area contributed by atoms with Crippen LogP contribution in [0.25, 0.3) is 0 Å². The summed E-state index contributed by atoms with van der Waals surface area (Å²) in [5.41, 5.74) is 9.63. The van der Waals surface area contributed by atoms with Crippen molar-refractivity contribution in [1.82, 2.24) is 20.0 Å². The van der Waals surface area contributed by atoms with Gasteiger partial charge in [0.1, 0.15) is 0 Å². The van der Waals surface area contributed by atoms with E-state index in [-0.39, 0.29) is 30.3 Å². The molecular formula is C34H47ClN6O3S. The number of benzene rings is 1. The molecule has 6 rings (SSSR count). The Morgan fingerprint density at radius 1 is 1.02 bits per heavy atom. The van der Waals surface area contributed by atoms with Crippen LogP contribution >= 0.6 is 22.9 Å². The van der Waals surface area contributed by atoms with Gasteiger partial charge in [-0.3, -0.25) is 9.59 Å². The number of hydrogen-bond acceptors (Lipinski definition) is 6. The highest BCUT2D eigenvalue weighted by molar-refractivity contribution is 7.10. The molecule has 11 heteroatoms. The number of nitrogens with zero attached hydrogens (tertiary/aromatic N) is 3. The van der Waals surface area contributed by atoms with Crippen molar-refractivity contribution in [1.29, 1.82) is 0 Å². The molecule has 45 heavy (non-hydrogen) atoms. The molecule has 1 aromatic carbocycles. The van der Waals surface area contributed by atoms with E-state index in [9.17, 15) is 14.4 Å². The lowest BCUT2D eigenvalue weighted by molar-refractivity contribution is -0.143.